The summed E-state index contributed by atoms with van der Waals surface area (Å²) in [7, 11) is 0. The molecule has 0 bridgehead atoms. The van der Waals surface area contributed by atoms with Crippen LogP contribution in [0.3, 0.4) is 0 Å². The third-order valence-electron chi connectivity index (χ3n) is 3.52. The van der Waals surface area contributed by atoms with E-state index in [9.17, 15) is 14.4 Å². The summed E-state index contributed by atoms with van der Waals surface area (Å²) in [5, 5.41) is 5.34. The van der Waals surface area contributed by atoms with Crippen molar-refractivity contribution in [3.8, 4) is 0 Å². The summed E-state index contributed by atoms with van der Waals surface area (Å²) in [4.78, 5) is 39.1. The summed E-state index contributed by atoms with van der Waals surface area (Å²) < 4.78 is 0. The van der Waals surface area contributed by atoms with Gasteiger partial charge in [-0.15, -0.1) is 11.3 Å². The molecule has 2 rings (SSSR count). The van der Waals surface area contributed by atoms with Gasteiger partial charge in [0.05, 0.1) is 11.4 Å². The number of piperazine rings is 1. The van der Waals surface area contributed by atoms with Crippen LogP contribution in [0.1, 0.15) is 28.4 Å². The van der Waals surface area contributed by atoms with Crippen LogP contribution >= 0.6 is 11.3 Å². The van der Waals surface area contributed by atoms with E-state index >= 15 is 0 Å². The van der Waals surface area contributed by atoms with Gasteiger partial charge in [-0.2, -0.15) is 0 Å². The van der Waals surface area contributed by atoms with Crippen molar-refractivity contribution in [2.45, 2.75) is 26.3 Å². The van der Waals surface area contributed by atoms with Crippen molar-refractivity contribution in [3.05, 3.63) is 21.9 Å². The first-order valence-corrected chi connectivity index (χ1v) is 7.57. The van der Waals surface area contributed by atoms with Crippen LogP contribution in [0.5, 0.6) is 0 Å². The number of amides is 3. The predicted octanol–water partition coefficient (Wildman–Crippen LogP) is 0.523. The molecule has 3 amide bonds. The molecule has 0 unspecified atom stereocenters. The topological polar surface area (TPSA) is 78.5 Å². The van der Waals surface area contributed by atoms with Gasteiger partial charge in [0, 0.05) is 18.0 Å². The van der Waals surface area contributed by atoms with Gasteiger partial charge in [-0.1, -0.05) is 0 Å². The van der Waals surface area contributed by atoms with Gasteiger partial charge in [-0.05, 0) is 32.9 Å². The minimum absolute atomic E-state index is 0.105. The van der Waals surface area contributed by atoms with Crippen molar-refractivity contribution in [1.82, 2.24) is 15.5 Å². The van der Waals surface area contributed by atoms with Gasteiger partial charge in [0.25, 0.3) is 5.91 Å². The molecule has 0 aliphatic carbocycles. The number of thiophene rings is 1. The molecule has 7 heteroatoms. The maximum absolute atomic E-state index is 12.2. The van der Waals surface area contributed by atoms with E-state index in [0.717, 1.165) is 4.88 Å². The highest BCUT2D eigenvalue weighted by Gasteiger charge is 2.40. The Bertz CT molecular complexity index is 580. The Balaban J connectivity index is 1.95. The maximum Gasteiger partial charge on any atom is 0.261 e. The van der Waals surface area contributed by atoms with E-state index in [1.165, 1.54) is 16.2 Å². The normalized spacial score (nSPS) is 17.3. The van der Waals surface area contributed by atoms with E-state index < -0.39 is 5.54 Å². The van der Waals surface area contributed by atoms with Crippen molar-refractivity contribution in [3.63, 3.8) is 0 Å². The number of nitrogens with one attached hydrogen (secondary N) is 2. The Morgan fingerprint density at radius 3 is 2.76 bits per heavy atom. The zero-order valence-corrected chi connectivity index (χ0v) is 13.2. The lowest BCUT2D eigenvalue weighted by molar-refractivity contribution is -0.148. The zero-order chi connectivity index (χ0) is 15.6. The number of carbonyl (C=O) groups excluding carboxylic acids is 3. The largest absolute Gasteiger partial charge is 0.352 e. The van der Waals surface area contributed by atoms with Crippen LogP contribution in [0.4, 0.5) is 0 Å². The summed E-state index contributed by atoms with van der Waals surface area (Å²) in [6, 6.07) is 3.59. The van der Waals surface area contributed by atoms with Gasteiger partial charge in [0.2, 0.25) is 11.8 Å². The van der Waals surface area contributed by atoms with Gasteiger partial charge < -0.3 is 15.5 Å². The minimum Gasteiger partial charge on any atom is -0.352 e. The third-order valence-corrected chi connectivity index (χ3v) is 4.52. The van der Waals surface area contributed by atoms with Gasteiger partial charge in [-0.25, -0.2) is 0 Å². The van der Waals surface area contributed by atoms with Crippen molar-refractivity contribution < 1.29 is 14.4 Å². The van der Waals surface area contributed by atoms with Crippen LogP contribution < -0.4 is 10.6 Å². The number of hydrogen-bond donors (Lipinski definition) is 2. The van der Waals surface area contributed by atoms with E-state index in [0.29, 0.717) is 18.0 Å². The van der Waals surface area contributed by atoms with Crippen LogP contribution in [-0.2, 0) is 9.59 Å². The molecule has 21 heavy (non-hydrogen) atoms. The van der Waals surface area contributed by atoms with Gasteiger partial charge in [0.1, 0.15) is 5.54 Å². The highest BCUT2D eigenvalue weighted by Crippen LogP contribution is 2.18. The fourth-order valence-corrected chi connectivity index (χ4v) is 3.01. The second-order valence-electron chi connectivity index (χ2n) is 5.45. The van der Waals surface area contributed by atoms with Gasteiger partial charge in [-0.3, -0.25) is 14.4 Å². The van der Waals surface area contributed by atoms with E-state index in [-0.39, 0.29) is 24.3 Å². The average Bonchev–Trinajstić information content (AvgIpc) is 2.85. The van der Waals surface area contributed by atoms with Crippen LogP contribution in [0.15, 0.2) is 12.1 Å². The Morgan fingerprint density at radius 1 is 1.43 bits per heavy atom. The minimum atomic E-state index is -0.889. The zero-order valence-electron chi connectivity index (χ0n) is 12.4. The van der Waals surface area contributed by atoms with Gasteiger partial charge >= 0.3 is 0 Å². The Kier molecular flexibility index (Phi) is 4.32. The summed E-state index contributed by atoms with van der Waals surface area (Å²) in [6.07, 6.45) is 0. The molecule has 0 atom stereocenters. The summed E-state index contributed by atoms with van der Waals surface area (Å²) >= 11 is 1.38. The van der Waals surface area contributed by atoms with E-state index in [2.05, 4.69) is 10.6 Å². The highest BCUT2D eigenvalue weighted by atomic mass is 32.1. The predicted molar refractivity (Wildman–Crippen MR) is 80.2 cm³/mol. The van der Waals surface area contributed by atoms with E-state index in [4.69, 9.17) is 0 Å². The highest BCUT2D eigenvalue weighted by molar-refractivity contribution is 7.13. The smallest absolute Gasteiger partial charge is 0.261 e. The van der Waals surface area contributed by atoms with Crippen LogP contribution in [0, 0.1) is 6.92 Å². The Labute approximate surface area is 127 Å². The van der Waals surface area contributed by atoms with Gasteiger partial charge in [0.15, 0.2) is 0 Å². The van der Waals surface area contributed by atoms with Crippen LogP contribution in [0.25, 0.3) is 0 Å². The lowest BCUT2D eigenvalue weighted by Gasteiger charge is -2.41. The van der Waals surface area contributed by atoms with Crippen molar-refractivity contribution in [2.75, 3.05) is 19.6 Å². The standard InChI is InChI=1S/C14H19N3O3S/c1-9-4-5-10(21-9)12(19)16-8-11(18)17-7-6-15-13(20)14(17,2)3/h4-5H,6-8H2,1-3H3,(H,15,20)(H,16,19). The molecule has 1 aromatic rings. The lowest BCUT2D eigenvalue weighted by Crippen LogP contribution is -2.64. The van der Waals surface area contributed by atoms with Crippen molar-refractivity contribution in [1.29, 1.82) is 0 Å². The SMILES string of the molecule is Cc1ccc(C(=O)NCC(=O)N2CCNC(=O)C2(C)C)s1. The number of hydrogen-bond acceptors (Lipinski definition) is 4. The fourth-order valence-electron chi connectivity index (χ4n) is 2.23. The lowest BCUT2D eigenvalue weighted by atomic mass is 9.99. The molecule has 1 aliphatic rings. The fraction of sp³-hybridized carbons (Fsp3) is 0.500. The summed E-state index contributed by atoms with van der Waals surface area (Å²) in [6.45, 7) is 6.10. The molecule has 0 aromatic carbocycles. The molecule has 0 spiro atoms. The second-order valence-corrected chi connectivity index (χ2v) is 6.74. The first kappa shape index (κ1) is 15.5. The average molecular weight is 309 g/mol. The molecule has 1 aliphatic heterocycles. The Hall–Kier alpha value is -1.89. The van der Waals surface area contributed by atoms with Crippen molar-refractivity contribution >= 4 is 29.1 Å². The van der Waals surface area contributed by atoms with Crippen LogP contribution in [0.2, 0.25) is 0 Å². The maximum atomic E-state index is 12.2. The van der Waals surface area contributed by atoms with Crippen LogP contribution in [-0.4, -0.2) is 47.8 Å². The first-order valence-electron chi connectivity index (χ1n) is 6.76. The quantitative estimate of drug-likeness (QED) is 0.854. The molecule has 6 nitrogen and oxygen atoms in total. The third kappa shape index (κ3) is 3.24. The summed E-state index contributed by atoms with van der Waals surface area (Å²) in [5.74, 6) is -0.695. The Morgan fingerprint density at radius 2 is 2.14 bits per heavy atom. The number of rotatable bonds is 3. The number of aryl methyl sites for hydroxylation is 1. The van der Waals surface area contributed by atoms with E-state index in [1.54, 1.807) is 19.9 Å². The molecule has 114 valence electrons. The molecule has 1 aromatic heterocycles. The summed E-state index contributed by atoms with van der Waals surface area (Å²) in [5.41, 5.74) is -0.889. The first-order chi connectivity index (χ1) is 9.82. The van der Waals surface area contributed by atoms with E-state index in [1.807, 2.05) is 13.0 Å². The molecule has 1 saturated heterocycles. The van der Waals surface area contributed by atoms with Crippen molar-refractivity contribution in [2.24, 2.45) is 0 Å². The molecule has 0 radical (unpaired) electrons. The molecular formula is C14H19N3O3S. The molecule has 0 saturated carbocycles. The molecular weight excluding hydrogens is 290 g/mol. The number of nitrogens with zero attached hydrogens (tertiary/aromatic N) is 1. The molecule has 1 fully saturated rings. The molecule has 2 N–H and O–H groups in total. The number of carbonyl (C=O) groups is 3. The monoisotopic (exact) mass is 309 g/mol. The second kappa shape index (κ2) is 5.85. The molecule has 2 heterocycles.